The molecule has 0 aromatic heterocycles. The van der Waals surface area contributed by atoms with Gasteiger partial charge in [-0.25, -0.2) is 9.79 Å². The fraction of sp³-hybridized carbons (Fsp3) is 0.353. The van der Waals surface area contributed by atoms with E-state index in [0.717, 1.165) is 11.8 Å². The van der Waals surface area contributed by atoms with Crippen molar-refractivity contribution >= 4 is 23.7 Å². The van der Waals surface area contributed by atoms with Gasteiger partial charge in [-0.1, -0.05) is 26.0 Å². The number of aryl methyl sites for hydroxylation is 1. The summed E-state index contributed by atoms with van der Waals surface area (Å²) in [6, 6.07) is 6.74. The van der Waals surface area contributed by atoms with Crippen LogP contribution in [-0.2, 0) is 4.79 Å². The number of urea groups is 1. The van der Waals surface area contributed by atoms with E-state index >= 15 is 0 Å². The second-order valence-corrected chi connectivity index (χ2v) is 6.36. The van der Waals surface area contributed by atoms with Crippen LogP contribution in [0.3, 0.4) is 0 Å². The molecule has 0 saturated carbocycles. The summed E-state index contributed by atoms with van der Waals surface area (Å²) in [6.07, 6.45) is 1.88. The van der Waals surface area contributed by atoms with Crippen LogP contribution in [0.1, 0.15) is 32.3 Å². The Morgan fingerprint density at radius 3 is 2.73 bits per heavy atom. The minimum atomic E-state index is -0.580. The highest BCUT2D eigenvalue weighted by atomic mass is 16.3. The Bertz CT molecular complexity index is 672. The molecule has 2 rings (SSSR count). The molecule has 1 aliphatic rings. The molecule has 5 heteroatoms. The SMILES string of the molecule is Cc1cccc(NC(=O)N=CC2=C(O)CC(C)(C)CC2=O)c1. The fourth-order valence-electron chi connectivity index (χ4n) is 2.45. The van der Waals surface area contributed by atoms with Crippen LogP contribution >= 0.6 is 0 Å². The van der Waals surface area contributed by atoms with Gasteiger partial charge in [-0.2, -0.15) is 0 Å². The summed E-state index contributed by atoms with van der Waals surface area (Å²) in [7, 11) is 0. The molecule has 1 aromatic rings. The molecule has 0 atom stereocenters. The van der Waals surface area contributed by atoms with Crippen LogP contribution < -0.4 is 5.32 Å². The number of benzene rings is 1. The standard InChI is InChI=1S/C17H20N2O3/c1-11-5-4-6-12(7-11)19-16(22)18-10-13-14(20)8-17(2,3)9-15(13)21/h4-7,10,20H,8-9H2,1-3H3,(H,19,22). The zero-order valence-electron chi connectivity index (χ0n) is 13.0. The lowest BCUT2D eigenvalue weighted by Crippen LogP contribution is -2.26. The Balaban J connectivity index is 2.08. The van der Waals surface area contributed by atoms with Crippen molar-refractivity contribution in [3.05, 3.63) is 41.2 Å². The molecule has 0 radical (unpaired) electrons. The van der Waals surface area contributed by atoms with Gasteiger partial charge in [0.25, 0.3) is 0 Å². The van der Waals surface area contributed by atoms with Gasteiger partial charge >= 0.3 is 6.03 Å². The minimum Gasteiger partial charge on any atom is -0.511 e. The maximum Gasteiger partial charge on any atom is 0.345 e. The second kappa shape index (κ2) is 6.13. The summed E-state index contributed by atoms with van der Waals surface area (Å²) in [6.45, 7) is 5.75. The number of amides is 2. The normalized spacial score (nSPS) is 17.9. The number of aliphatic hydroxyl groups is 1. The first kappa shape index (κ1) is 15.9. The molecule has 5 nitrogen and oxygen atoms in total. The number of ketones is 1. The third kappa shape index (κ3) is 4.04. The number of anilines is 1. The number of hydrogen-bond acceptors (Lipinski definition) is 3. The number of hydrogen-bond donors (Lipinski definition) is 2. The predicted octanol–water partition coefficient (Wildman–Crippen LogP) is 3.80. The number of aliphatic imine (C=N–C) groups is 1. The molecule has 0 fully saturated rings. The van der Waals surface area contributed by atoms with Crippen LogP contribution in [0.25, 0.3) is 0 Å². The molecule has 0 heterocycles. The predicted molar refractivity (Wildman–Crippen MR) is 86.4 cm³/mol. The average Bonchev–Trinajstić information content (AvgIpc) is 2.36. The number of rotatable bonds is 2. The van der Waals surface area contributed by atoms with E-state index in [9.17, 15) is 14.7 Å². The topological polar surface area (TPSA) is 78.8 Å². The summed E-state index contributed by atoms with van der Waals surface area (Å²) in [4.78, 5) is 27.5. The average molecular weight is 300 g/mol. The molecule has 0 unspecified atom stereocenters. The summed E-state index contributed by atoms with van der Waals surface area (Å²) < 4.78 is 0. The lowest BCUT2D eigenvalue weighted by atomic mass is 9.77. The zero-order valence-corrected chi connectivity index (χ0v) is 13.0. The van der Waals surface area contributed by atoms with Crippen molar-refractivity contribution in [2.45, 2.75) is 33.6 Å². The summed E-state index contributed by atoms with van der Waals surface area (Å²) >= 11 is 0. The largest absolute Gasteiger partial charge is 0.511 e. The summed E-state index contributed by atoms with van der Waals surface area (Å²) in [5.74, 6) is -0.200. The van der Waals surface area contributed by atoms with E-state index in [1.165, 1.54) is 0 Å². The van der Waals surface area contributed by atoms with Crippen molar-refractivity contribution in [1.29, 1.82) is 0 Å². The van der Waals surface area contributed by atoms with E-state index in [4.69, 9.17) is 0 Å². The van der Waals surface area contributed by atoms with Gasteiger partial charge in [0.05, 0.1) is 5.57 Å². The number of carbonyl (C=O) groups excluding carboxylic acids is 2. The van der Waals surface area contributed by atoms with Crippen LogP contribution in [0.4, 0.5) is 10.5 Å². The van der Waals surface area contributed by atoms with Gasteiger partial charge in [0.2, 0.25) is 0 Å². The zero-order chi connectivity index (χ0) is 16.3. The Morgan fingerprint density at radius 1 is 1.36 bits per heavy atom. The third-order valence-corrected chi connectivity index (χ3v) is 3.48. The smallest absolute Gasteiger partial charge is 0.345 e. The lowest BCUT2D eigenvalue weighted by Gasteiger charge is -2.28. The molecule has 0 bridgehead atoms. The summed E-state index contributed by atoms with van der Waals surface area (Å²) in [5.41, 5.74) is 1.52. The van der Waals surface area contributed by atoms with Gasteiger partial charge in [0.15, 0.2) is 5.78 Å². The first-order valence-electron chi connectivity index (χ1n) is 7.14. The van der Waals surface area contributed by atoms with Crippen molar-refractivity contribution in [3.63, 3.8) is 0 Å². The highest BCUT2D eigenvalue weighted by Gasteiger charge is 2.32. The molecule has 0 aliphatic heterocycles. The highest BCUT2D eigenvalue weighted by molar-refractivity contribution is 6.16. The van der Waals surface area contributed by atoms with Crippen LogP contribution in [0.2, 0.25) is 0 Å². The van der Waals surface area contributed by atoms with Crippen molar-refractivity contribution in [3.8, 4) is 0 Å². The first-order valence-corrected chi connectivity index (χ1v) is 7.14. The van der Waals surface area contributed by atoms with E-state index in [1.807, 2.05) is 39.0 Å². The van der Waals surface area contributed by atoms with Crippen LogP contribution in [0.5, 0.6) is 0 Å². The quantitative estimate of drug-likeness (QED) is 0.815. The molecule has 22 heavy (non-hydrogen) atoms. The van der Waals surface area contributed by atoms with E-state index < -0.39 is 6.03 Å². The van der Waals surface area contributed by atoms with Crippen LogP contribution in [0, 0.1) is 12.3 Å². The molecule has 1 aliphatic carbocycles. The minimum absolute atomic E-state index is 0.00615. The van der Waals surface area contributed by atoms with Gasteiger partial charge in [0.1, 0.15) is 5.76 Å². The number of aliphatic hydroxyl groups excluding tert-OH is 1. The van der Waals surface area contributed by atoms with Crippen LogP contribution in [0.15, 0.2) is 40.6 Å². The van der Waals surface area contributed by atoms with E-state index in [1.54, 1.807) is 6.07 Å². The summed E-state index contributed by atoms with van der Waals surface area (Å²) in [5, 5.41) is 12.6. The van der Waals surface area contributed by atoms with Gasteiger partial charge < -0.3 is 10.4 Å². The van der Waals surface area contributed by atoms with Crippen LogP contribution in [-0.4, -0.2) is 23.1 Å². The van der Waals surface area contributed by atoms with Gasteiger partial charge in [-0.05, 0) is 30.0 Å². The van der Waals surface area contributed by atoms with Crippen molar-refractivity contribution < 1.29 is 14.7 Å². The highest BCUT2D eigenvalue weighted by Crippen LogP contribution is 2.35. The van der Waals surface area contributed by atoms with E-state index in [-0.39, 0.29) is 22.5 Å². The van der Waals surface area contributed by atoms with E-state index in [2.05, 4.69) is 10.3 Å². The molecular formula is C17H20N2O3. The Kier molecular flexibility index (Phi) is 4.45. The van der Waals surface area contributed by atoms with E-state index in [0.29, 0.717) is 18.5 Å². The van der Waals surface area contributed by atoms with Crippen molar-refractivity contribution in [2.24, 2.45) is 10.4 Å². The van der Waals surface area contributed by atoms with Gasteiger partial charge in [0, 0.05) is 24.7 Å². The maximum atomic E-state index is 12.0. The Morgan fingerprint density at radius 2 is 2.09 bits per heavy atom. The second-order valence-electron chi connectivity index (χ2n) is 6.36. The van der Waals surface area contributed by atoms with Crippen molar-refractivity contribution in [1.82, 2.24) is 0 Å². The number of nitrogens with zero attached hydrogens (tertiary/aromatic N) is 1. The fourth-order valence-corrected chi connectivity index (χ4v) is 2.45. The van der Waals surface area contributed by atoms with Gasteiger partial charge in [-0.15, -0.1) is 0 Å². The monoisotopic (exact) mass is 300 g/mol. The molecular weight excluding hydrogens is 280 g/mol. The first-order chi connectivity index (χ1) is 10.3. The molecule has 2 amide bonds. The maximum absolute atomic E-state index is 12.0. The molecule has 0 spiro atoms. The van der Waals surface area contributed by atoms with Gasteiger partial charge in [-0.3, -0.25) is 4.79 Å². The number of allylic oxidation sites excluding steroid dienone is 2. The lowest BCUT2D eigenvalue weighted by molar-refractivity contribution is -0.117. The third-order valence-electron chi connectivity index (χ3n) is 3.48. The molecule has 1 aromatic carbocycles. The Labute approximate surface area is 129 Å². The Hall–Kier alpha value is -2.43. The number of carbonyl (C=O) groups is 2. The molecule has 116 valence electrons. The molecule has 2 N–H and O–H groups in total. The van der Waals surface area contributed by atoms with Crippen molar-refractivity contribution in [2.75, 3.05) is 5.32 Å². The molecule has 0 saturated heterocycles. The number of Topliss-reactive ketones (excluding diaryl/α,β-unsaturated/α-hetero) is 1. The number of nitrogens with one attached hydrogen (secondary N) is 1.